The molecule has 7 heavy (non-hydrogen) atoms. The molecule has 0 saturated carbocycles. The van der Waals surface area contributed by atoms with Gasteiger partial charge in [0.1, 0.15) is 0 Å². The number of hydrogen-bond donors (Lipinski definition) is 0. The molecule has 0 fully saturated rings. The minimum atomic E-state index is -1.75. The van der Waals surface area contributed by atoms with Gasteiger partial charge in [-0.3, -0.25) is 0 Å². The van der Waals surface area contributed by atoms with Crippen molar-refractivity contribution in [2.75, 3.05) is 0 Å². The Bertz CT molecular complexity index is 30.7. The molecule has 2 unspecified atom stereocenters. The van der Waals surface area contributed by atoms with E-state index in [4.69, 9.17) is 18.9 Å². The van der Waals surface area contributed by atoms with Crippen molar-refractivity contribution < 1.29 is 46.2 Å². The van der Waals surface area contributed by atoms with Crippen LogP contribution in [0.5, 0.6) is 0 Å². The molecule has 2 atom stereocenters. The van der Waals surface area contributed by atoms with Crippen LogP contribution in [0.25, 0.3) is 0 Å². The number of rotatable bonds is 0. The van der Waals surface area contributed by atoms with Gasteiger partial charge in [-0.1, -0.05) is 0 Å². The first-order chi connectivity index (χ1) is 2.83. The third-order valence-corrected chi connectivity index (χ3v) is 0. The average Bonchev–Trinajstić information content (AvgIpc) is 1.39. The van der Waals surface area contributed by atoms with E-state index in [1.54, 1.807) is 0 Å². The quantitative estimate of drug-likeness (QED) is 0.365. The van der Waals surface area contributed by atoms with Crippen LogP contribution in [0, 0.1) is 0 Å². The van der Waals surface area contributed by atoms with Crippen molar-refractivity contribution in [2.45, 2.75) is 0 Å². The Hall–Kier alpha value is 1.30. The van der Waals surface area contributed by atoms with Crippen LogP contribution in [-0.4, -0.2) is 0 Å². The molecule has 0 saturated heterocycles. The maximum Gasteiger partial charge on any atom is 2.00 e. The van der Waals surface area contributed by atoms with Gasteiger partial charge in [-0.2, -0.15) is 0 Å². The van der Waals surface area contributed by atoms with Gasteiger partial charge in [0, 0.05) is 0 Å². The molecule has 0 spiro atoms. The predicted molar refractivity (Wildman–Crippen MR) is 20.8 cm³/mol. The normalized spacial score (nSPS) is 8.29. The largest absolute Gasteiger partial charge is 2.00 e. The zero-order valence-corrected chi connectivity index (χ0v) is 9.84. The fraction of sp³-hybridized carbons (Fsp3) is 0. The van der Waals surface area contributed by atoms with Gasteiger partial charge in [0.25, 0.3) is 0 Å². The molecule has 0 bridgehead atoms. The van der Waals surface area contributed by atoms with Gasteiger partial charge < -0.3 is 18.9 Å². The smallest absolute Gasteiger partial charge is 0.804 e. The predicted octanol–water partition coefficient (Wildman–Crippen LogP) is -1.97. The molecule has 0 aromatic rings. The Morgan fingerprint density at radius 2 is 1.00 bits per heavy atom. The number of hydrogen-bond acceptors (Lipinski definition) is 4. The van der Waals surface area contributed by atoms with E-state index in [-0.39, 0.29) is 27.3 Å². The van der Waals surface area contributed by atoms with Crippen molar-refractivity contribution in [3.63, 3.8) is 0 Å². The molecule has 7 heteroatoms. The van der Waals surface area contributed by atoms with Gasteiger partial charge in [-0.15, -0.1) is 0 Å². The van der Waals surface area contributed by atoms with Crippen LogP contribution in [0.4, 0.5) is 0 Å². The first-order valence-corrected chi connectivity index (χ1v) is 2.83. The summed E-state index contributed by atoms with van der Waals surface area (Å²) in [6.45, 7) is 0. The van der Waals surface area contributed by atoms with E-state index >= 15 is 0 Å². The van der Waals surface area contributed by atoms with E-state index in [1.807, 2.05) is 0 Å². The Morgan fingerprint density at radius 1 is 1.00 bits per heavy atom. The van der Waals surface area contributed by atoms with Crippen molar-refractivity contribution in [3.8, 4) is 0 Å². The fourth-order valence-electron chi connectivity index (χ4n) is 0. The summed E-state index contributed by atoms with van der Waals surface area (Å²) in [5.74, 6) is 0. The average molecular weight is 242 g/mol. The Labute approximate surface area is 63.7 Å². The summed E-state index contributed by atoms with van der Waals surface area (Å²) >= 11 is 0. The zero-order valence-electron chi connectivity index (χ0n) is 3.49. The van der Waals surface area contributed by atoms with E-state index in [0.717, 1.165) is 0 Å². The molecule has 0 rings (SSSR count). The Kier molecular flexibility index (Phi) is 59.8. The first-order valence-electron chi connectivity index (χ1n) is 0.943. The molecule has 0 N–H and O–H groups in total. The second-order valence-electron chi connectivity index (χ2n) is 0.192. The van der Waals surface area contributed by atoms with E-state index in [0.29, 0.717) is 0 Å². The molecular weight excluding hydrogens is 238 g/mol. The maximum atomic E-state index is 8.46. The minimum Gasteiger partial charge on any atom is -0.804 e. The van der Waals surface area contributed by atoms with Crippen LogP contribution in [0.2, 0.25) is 0 Å². The molecule has 4 nitrogen and oxygen atoms in total. The van der Waals surface area contributed by atoms with Gasteiger partial charge in [-0.25, -0.2) is 0 Å². The second-order valence-corrected chi connectivity index (χ2v) is 0.577. The van der Waals surface area contributed by atoms with Crippen molar-refractivity contribution in [1.29, 1.82) is 0 Å². The Morgan fingerprint density at radius 3 is 1.00 bits per heavy atom. The summed E-state index contributed by atoms with van der Waals surface area (Å²) in [7, 11) is -3.50. The van der Waals surface area contributed by atoms with Crippen LogP contribution < -0.4 is 9.79 Å². The van der Waals surface area contributed by atoms with E-state index in [1.165, 1.54) is 0 Å². The summed E-state index contributed by atoms with van der Waals surface area (Å²) in [6.07, 6.45) is 0. The summed E-state index contributed by atoms with van der Waals surface area (Å²) in [6, 6.07) is 0. The summed E-state index contributed by atoms with van der Waals surface area (Å²) in [4.78, 5) is 16.9. The van der Waals surface area contributed by atoms with Gasteiger partial charge >= 0.3 is 27.3 Å². The van der Waals surface area contributed by atoms with Crippen LogP contribution in [0.3, 0.4) is 0 Å². The molecule has 40 valence electrons. The zero-order chi connectivity index (χ0) is 5.41. The van der Waals surface area contributed by atoms with Crippen molar-refractivity contribution >= 4 is 17.4 Å². The standard InChI is InChI=1S/Cd.2H3O2P/c;2*1-3-2/h;2*3H2,(H,1,2)/q+2;;/p-2. The molecule has 0 heterocycles. The van der Waals surface area contributed by atoms with Gasteiger partial charge in [0.05, 0.1) is 0 Å². The molecule has 0 aliphatic carbocycles. The minimum absolute atomic E-state index is 0. The fourth-order valence-corrected chi connectivity index (χ4v) is 0. The molecular formula is H4CdO4P2. The van der Waals surface area contributed by atoms with Crippen LogP contribution in [0.1, 0.15) is 0 Å². The van der Waals surface area contributed by atoms with Gasteiger partial charge in [0.15, 0.2) is 0 Å². The monoisotopic (exact) mass is 244 g/mol. The third kappa shape index (κ3) is 121. The van der Waals surface area contributed by atoms with Crippen LogP contribution >= 0.6 is 17.4 Å². The first kappa shape index (κ1) is 15.7. The Balaban J connectivity index is -0.0000000400. The third-order valence-electron chi connectivity index (χ3n) is 0. The van der Waals surface area contributed by atoms with Crippen molar-refractivity contribution in [2.24, 2.45) is 0 Å². The van der Waals surface area contributed by atoms with E-state index in [2.05, 4.69) is 0 Å². The molecule has 0 aliphatic rings. The van der Waals surface area contributed by atoms with Crippen LogP contribution in [0.15, 0.2) is 0 Å². The van der Waals surface area contributed by atoms with E-state index < -0.39 is 17.4 Å². The summed E-state index contributed by atoms with van der Waals surface area (Å²) < 4.78 is 16.9. The molecule has 0 amide bonds. The van der Waals surface area contributed by atoms with Gasteiger partial charge in [-0.05, 0) is 17.4 Å². The van der Waals surface area contributed by atoms with Crippen molar-refractivity contribution in [3.05, 3.63) is 0 Å². The summed E-state index contributed by atoms with van der Waals surface area (Å²) in [5, 5.41) is 0. The van der Waals surface area contributed by atoms with Gasteiger partial charge in [0.2, 0.25) is 0 Å². The molecule has 0 aromatic heterocycles. The van der Waals surface area contributed by atoms with E-state index in [9.17, 15) is 0 Å². The van der Waals surface area contributed by atoms with Crippen molar-refractivity contribution in [1.82, 2.24) is 0 Å². The van der Waals surface area contributed by atoms with Crippen LogP contribution in [-0.2, 0) is 36.4 Å². The topological polar surface area (TPSA) is 80.3 Å². The molecule has 0 radical (unpaired) electrons. The second kappa shape index (κ2) is 26.6. The summed E-state index contributed by atoms with van der Waals surface area (Å²) in [5.41, 5.74) is 0. The maximum absolute atomic E-state index is 8.46. The molecule has 0 aromatic carbocycles. The SMILES string of the molecule is O=[PH2][O-].O=[PH2][O-].[Cd+2]. The molecule has 0 aliphatic heterocycles.